The molecule has 0 amide bonds. The average molecular weight is 473 g/mol. The Balaban J connectivity index is 2.19. The van der Waals surface area contributed by atoms with Crippen LogP contribution in [0.5, 0.6) is 0 Å². The van der Waals surface area contributed by atoms with Gasteiger partial charge in [0.05, 0.1) is 23.3 Å². The number of ether oxygens (including phenoxy) is 1. The molecule has 1 atom stereocenters. The number of hydrogen-bond acceptors (Lipinski definition) is 6. The third-order valence-electron chi connectivity index (χ3n) is 4.13. The number of rotatable bonds is 11. The van der Waals surface area contributed by atoms with Crippen LogP contribution in [0.1, 0.15) is 29.8 Å². The van der Waals surface area contributed by atoms with Gasteiger partial charge in [-0.25, -0.2) is 0 Å². The molecule has 30 heavy (non-hydrogen) atoms. The average Bonchev–Trinajstić information content (AvgIpc) is 2.73. The monoisotopic (exact) mass is 472 g/mol. The molecule has 162 valence electrons. The van der Waals surface area contributed by atoms with E-state index in [1.54, 1.807) is 38.1 Å². The summed E-state index contributed by atoms with van der Waals surface area (Å²) < 4.78 is 29.2. The molecule has 0 aliphatic rings. The second kappa shape index (κ2) is 11.6. The molecule has 0 saturated heterocycles. The first-order valence-electron chi connectivity index (χ1n) is 9.38. The van der Waals surface area contributed by atoms with Gasteiger partial charge in [0.25, 0.3) is 0 Å². The van der Waals surface area contributed by atoms with E-state index in [1.807, 2.05) is 6.07 Å². The van der Waals surface area contributed by atoms with Gasteiger partial charge in [0.15, 0.2) is 18.0 Å². The van der Waals surface area contributed by atoms with Crippen LogP contribution in [0.4, 0.5) is 0 Å². The molecule has 0 aliphatic carbocycles. The predicted octanol–water partition coefficient (Wildman–Crippen LogP) is 5.60. The summed E-state index contributed by atoms with van der Waals surface area (Å²) in [5.74, 6) is -1.31. The Bertz CT molecular complexity index is 909. The number of hydrogen-bond donors (Lipinski definition) is 0. The lowest BCUT2D eigenvalue weighted by Gasteiger charge is -2.25. The predicted molar refractivity (Wildman–Crippen MR) is 117 cm³/mol. The third kappa shape index (κ3) is 6.66. The standard InChI is InChI=1S/C21H23Cl2O6P/c1-3-28-30(26,29-4-2)20(12-15-8-6-5-7-9-15)21(25)27-14-19(24)16-10-11-17(22)18(23)13-16/h5-11,13,20H,3-4,12,14H2,1-2H3. The van der Waals surface area contributed by atoms with Gasteiger partial charge in [-0.05, 0) is 44.0 Å². The lowest BCUT2D eigenvalue weighted by atomic mass is 10.1. The summed E-state index contributed by atoms with van der Waals surface area (Å²) in [6.45, 7) is 2.96. The molecule has 9 heteroatoms. The summed E-state index contributed by atoms with van der Waals surface area (Å²) in [5, 5.41) is 0.524. The number of esters is 1. The fraction of sp³-hybridized carbons (Fsp3) is 0.333. The van der Waals surface area contributed by atoms with Gasteiger partial charge in [0, 0.05) is 5.56 Å². The molecule has 0 heterocycles. The molecule has 0 spiro atoms. The molecule has 0 N–H and O–H groups in total. The van der Waals surface area contributed by atoms with Gasteiger partial charge in [0.1, 0.15) is 0 Å². The second-order valence-corrected chi connectivity index (χ2v) is 9.27. The molecule has 0 saturated carbocycles. The molecule has 1 unspecified atom stereocenters. The number of carbonyl (C=O) groups is 2. The quantitative estimate of drug-likeness (QED) is 0.240. The Morgan fingerprint density at radius 2 is 1.60 bits per heavy atom. The number of ketones is 1. The number of carbonyl (C=O) groups excluding carboxylic acids is 2. The highest BCUT2D eigenvalue weighted by atomic mass is 35.5. The normalized spacial score (nSPS) is 12.4. The molecule has 0 fully saturated rings. The van der Waals surface area contributed by atoms with Crippen molar-refractivity contribution in [1.82, 2.24) is 0 Å². The summed E-state index contributed by atoms with van der Waals surface area (Å²) in [7, 11) is -3.82. The Hall–Kier alpha value is -1.69. The van der Waals surface area contributed by atoms with Gasteiger partial charge in [-0.2, -0.15) is 0 Å². The fourth-order valence-corrected chi connectivity index (χ4v) is 4.94. The number of benzene rings is 2. The Morgan fingerprint density at radius 1 is 0.967 bits per heavy atom. The van der Waals surface area contributed by atoms with Crippen LogP contribution in [0.3, 0.4) is 0 Å². The molecule has 0 aliphatic heterocycles. The fourth-order valence-electron chi connectivity index (χ4n) is 2.72. The van der Waals surface area contributed by atoms with E-state index in [1.165, 1.54) is 18.2 Å². The van der Waals surface area contributed by atoms with Gasteiger partial charge in [-0.15, -0.1) is 0 Å². The van der Waals surface area contributed by atoms with Crippen molar-refractivity contribution < 1.29 is 27.9 Å². The molecular formula is C21H23Cl2O6P. The maximum Gasteiger partial charge on any atom is 0.345 e. The molecule has 0 radical (unpaired) electrons. The van der Waals surface area contributed by atoms with Crippen LogP contribution in [0, 0.1) is 0 Å². The van der Waals surface area contributed by atoms with Crippen molar-refractivity contribution in [3.05, 3.63) is 69.7 Å². The summed E-state index contributed by atoms with van der Waals surface area (Å²) in [6, 6.07) is 13.4. The van der Waals surface area contributed by atoms with E-state index in [9.17, 15) is 14.2 Å². The van der Waals surface area contributed by atoms with E-state index in [4.69, 9.17) is 37.0 Å². The first kappa shape index (κ1) is 24.6. The summed E-state index contributed by atoms with van der Waals surface area (Å²) >= 11 is 11.8. The van der Waals surface area contributed by atoms with Crippen molar-refractivity contribution in [1.29, 1.82) is 0 Å². The lowest BCUT2D eigenvalue weighted by Crippen LogP contribution is -2.29. The Labute approximate surface area is 186 Å². The number of Topliss-reactive ketones (excluding diaryl/α,β-unsaturated/α-hetero) is 1. The maximum atomic E-state index is 13.3. The van der Waals surface area contributed by atoms with Crippen LogP contribution in [-0.4, -0.2) is 37.2 Å². The zero-order valence-electron chi connectivity index (χ0n) is 16.7. The Morgan fingerprint density at radius 3 is 2.17 bits per heavy atom. The highest BCUT2D eigenvalue weighted by molar-refractivity contribution is 7.55. The summed E-state index contributed by atoms with van der Waals surface area (Å²) in [5.41, 5.74) is -0.203. The highest BCUT2D eigenvalue weighted by Gasteiger charge is 2.42. The first-order chi connectivity index (χ1) is 14.3. The molecule has 6 nitrogen and oxygen atoms in total. The maximum absolute atomic E-state index is 13.3. The van der Waals surface area contributed by atoms with Gasteiger partial charge >= 0.3 is 13.6 Å². The van der Waals surface area contributed by atoms with Crippen LogP contribution in [0.15, 0.2) is 48.5 Å². The molecular weight excluding hydrogens is 450 g/mol. The van der Waals surface area contributed by atoms with E-state index in [0.717, 1.165) is 5.56 Å². The zero-order valence-corrected chi connectivity index (χ0v) is 19.1. The molecule has 0 aromatic heterocycles. The lowest BCUT2D eigenvalue weighted by molar-refractivity contribution is -0.142. The van der Waals surface area contributed by atoms with Crippen molar-refractivity contribution in [2.45, 2.75) is 25.9 Å². The molecule has 2 rings (SSSR count). The van der Waals surface area contributed by atoms with Gasteiger partial charge in [-0.1, -0.05) is 53.5 Å². The van der Waals surface area contributed by atoms with Crippen LogP contribution in [0.25, 0.3) is 0 Å². The van der Waals surface area contributed by atoms with E-state index < -0.39 is 31.6 Å². The van der Waals surface area contributed by atoms with Crippen molar-refractivity contribution in [3.8, 4) is 0 Å². The third-order valence-corrected chi connectivity index (χ3v) is 7.26. The highest BCUT2D eigenvalue weighted by Crippen LogP contribution is 2.54. The zero-order chi connectivity index (χ0) is 22.1. The topological polar surface area (TPSA) is 78.9 Å². The van der Waals surface area contributed by atoms with Gasteiger partial charge in [-0.3, -0.25) is 14.2 Å². The minimum Gasteiger partial charge on any atom is -0.457 e. The van der Waals surface area contributed by atoms with Crippen molar-refractivity contribution in [2.75, 3.05) is 19.8 Å². The van der Waals surface area contributed by atoms with Crippen LogP contribution in [-0.2, 0) is 29.6 Å². The van der Waals surface area contributed by atoms with Crippen LogP contribution in [0.2, 0.25) is 10.0 Å². The largest absolute Gasteiger partial charge is 0.457 e. The van der Waals surface area contributed by atoms with Gasteiger partial charge < -0.3 is 13.8 Å². The summed E-state index contributed by atoms with van der Waals surface area (Å²) in [4.78, 5) is 25.2. The van der Waals surface area contributed by atoms with E-state index in [-0.39, 0.29) is 30.2 Å². The number of halogens is 2. The minimum atomic E-state index is -3.82. The molecule has 2 aromatic carbocycles. The molecule has 2 aromatic rings. The van der Waals surface area contributed by atoms with Crippen molar-refractivity contribution >= 4 is 42.6 Å². The van der Waals surface area contributed by atoms with Crippen molar-refractivity contribution in [2.24, 2.45) is 0 Å². The smallest absolute Gasteiger partial charge is 0.345 e. The van der Waals surface area contributed by atoms with Crippen LogP contribution < -0.4 is 0 Å². The minimum absolute atomic E-state index is 0.0813. The summed E-state index contributed by atoms with van der Waals surface area (Å²) in [6.07, 6.45) is 0.0813. The van der Waals surface area contributed by atoms with E-state index in [2.05, 4.69) is 0 Å². The Kier molecular flexibility index (Phi) is 9.53. The van der Waals surface area contributed by atoms with Gasteiger partial charge in [0.2, 0.25) is 0 Å². The SMILES string of the molecule is CCOP(=O)(OCC)C(Cc1ccccc1)C(=O)OCC(=O)c1ccc(Cl)c(Cl)c1. The van der Waals surface area contributed by atoms with Crippen LogP contribution >= 0.6 is 30.8 Å². The molecule has 0 bridgehead atoms. The second-order valence-electron chi connectivity index (χ2n) is 6.24. The van der Waals surface area contributed by atoms with E-state index >= 15 is 0 Å². The first-order valence-corrected chi connectivity index (χ1v) is 11.7. The van der Waals surface area contributed by atoms with E-state index in [0.29, 0.717) is 5.02 Å². The van der Waals surface area contributed by atoms with Crippen molar-refractivity contribution in [3.63, 3.8) is 0 Å².